The molecule has 4 aromatic carbocycles. The molecule has 1 N–H and O–H groups in total. The summed E-state index contributed by atoms with van der Waals surface area (Å²) in [5.41, 5.74) is 3.61. The molecule has 168 valence electrons. The second-order valence-corrected chi connectivity index (χ2v) is 11.8. The maximum atomic E-state index is 8.94. The Bertz CT molecular complexity index is 1290. The first-order valence-electron chi connectivity index (χ1n) is 11.3. The fraction of sp³-hybridized carbons (Fsp3) is 0.100. The van der Waals surface area contributed by atoms with Crippen LogP contribution in [0.25, 0.3) is 10.9 Å². The number of aryl methyl sites for hydroxylation is 1. The molecule has 0 saturated heterocycles. The van der Waals surface area contributed by atoms with E-state index in [-0.39, 0.29) is 17.0 Å². The maximum absolute atomic E-state index is 8.94. The van der Waals surface area contributed by atoms with Gasteiger partial charge in [0.15, 0.2) is 0 Å². The van der Waals surface area contributed by atoms with Crippen LogP contribution in [-0.2, 0) is 12.6 Å². The maximum Gasteiger partial charge on any atom is 0.118 e. The summed E-state index contributed by atoms with van der Waals surface area (Å²) < 4.78 is 0. The quantitative estimate of drug-likeness (QED) is 0.326. The van der Waals surface area contributed by atoms with E-state index in [4.69, 9.17) is 5.26 Å². The van der Waals surface area contributed by atoms with E-state index in [1.165, 1.54) is 32.6 Å². The molecule has 0 aliphatic heterocycles. The van der Waals surface area contributed by atoms with Crippen LogP contribution in [0, 0.1) is 11.3 Å². The summed E-state index contributed by atoms with van der Waals surface area (Å²) in [6, 6.07) is 44.0. The molecule has 2 nitrogen and oxygen atoms in total. The number of nitriles is 1. The zero-order chi connectivity index (χ0) is 22.5. The Balaban J connectivity index is 0.00000274. The molecule has 1 aromatic heterocycles. The average Bonchev–Trinajstić information content (AvgIpc) is 3.29. The molecule has 5 rings (SSSR count). The van der Waals surface area contributed by atoms with E-state index in [2.05, 4.69) is 126 Å². The van der Waals surface area contributed by atoms with Gasteiger partial charge in [0.1, 0.15) is 29.3 Å². The van der Waals surface area contributed by atoms with Crippen LogP contribution in [0.2, 0.25) is 0 Å². The second kappa shape index (κ2) is 10.8. The molecule has 0 atom stereocenters. The first-order chi connectivity index (χ1) is 16.3. The fourth-order valence-corrected chi connectivity index (χ4v) is 8.87. The first-order valence-corrected chi connectivity index (χ1v) is 13.3. The van der Waals surface area contributed by atoms with E-state index in [0.29, 0.717) is 6.42 Å². The number of aromatic amines is 1. The van der Waals surface area contributed by atoms with E-state index in [1.807, 2.05) is 0 Å². The predicted octanol–water partition coefficient (Wildman–Crippen LogP) is 3.12. The van der Waals surface area contributed by atoms with Crippen molar-refractivity contribution in [1.82, 2.24) is 4.98 Å². The van der Waals surface area contributed by atoms with Crippen LogP contribution in [-0.4, -0.2) is 4.98 Å². The topological polar surface area (TPSA) is 39.6 Å². The number of H-pyrrole nitrogens is 1. The molecule has 0 bridgehead atoms. The Morgan fingerprint density at radius 3 is 1.71 bits per heavy atom. The summed E-state index contributed by atoms with van der Waals surface area (Å²) in [5.74, 6) is 0. The van der Waals surface area contributed by atoms with Crippen LogP contribution < -0.4 is 32.9 Å². The number of fused-ring (bicyclic) bond motifs is 1. The van der Waals surface area contributed by atoms with E-state index in [1.54, 1.807) is 0 Å². The average molecular weight is 525 g/mol. The molecule has 4 heteroatoms. The zero-order valence-electron chi connectivity index (χ0n) is 18.9. The minimum absolute atomic E-state index is 0. The van der Waals surface area contributed by atoms with Crippen LogP contribution in [0.15, 0.2) is 115 Å². The molecule has 0 fully saturated rings. The van der Waals surface area contributed by atoms with Crippen molar-refractivity contribution < 1.29 is 17.0 Å². The Morgan fingerprint density at radius 1 is 0.676 bits per heavy atom. The van der Waals surface area contributed by atoms with Gasteiger partial charge >= 0.3 is 0 Å². The molecule has 0 unspecified atom stereocenters. The van der Waals surface area contributed by atoms with Crippen molar-refractivity contribution in [2.75, 3.05) is 0 Å². The molecular formula is C30H26BrN2P. The van der Waals surface area contributed by atoms with Gasteiger partial charge in [-0.1, -0.05) is 60.7 Å². The summed E-state index contributed by atoms with van der Waals surface area (Å²) in [4.78, 5) is 3.71. The van der Waals surface area contributed by atoms with Gasteiger partial charge in [0, 0.05) is 17.3 Å². The summed E-state index contributed by atoms with van der Waals surface area (Å²) in [7, 11) is -1.93. The molecular weight excluding hydrogens is 499 g/mol. The van der Waals surface area contributed by atoms with Crippen LogP contribution in [0.5, 0.6) is 0 Å². The number of aromatic nitrogens is 1. The normalized spacial score (nSPS) is 11.0. The van der Waals surface area contributed by atoms with Crippen molar-refractivity contribution >= 4 is 34.1 Å². The van der Waals surface area contributed by atoms with Crippen LogP contribution >= 0.6 is 7.26 Å². The molecule has 1 heterocycles. The summed E-state index contributed by atoms with van der Waals surface area (Å²) >= 11 is 0. The van der Waals surface area contributed by atoms with Crippen molar-refractivity contribution in [3.63, 3.8) is 0 Å². The van der Waals surface area contributed by atoms with Crippen molar-refractivity contribution in [1.29, 1.82) is 5.26 Å². The molecule has 0 aliphatic rings. The summed E-state index contributed by atoms with van der Waals surface area (Å²) in [6.07, 6.45) is 2.27. The fourth-order valence-electron chi connectivity index (χ4n) is 4.71. The number of hydrogen-bond acceptors (Lipinski definition) is 1. The number of benzene rings is 4. The number of nitrogens with one attached hydrogen (secondary N) is 1. The number of rotatable bonds is 7. The van der Waals surface area contributed by atoms with Gasteiger partial charge in [-0.3, -0.25) is 0 Å². The van der Waals surface area contributed by atoms with E-state index >= 15 is 0 Å². The van der Waals surface area contributed by atoms with Gasteiger partial charge in [-0.2, -0.15) is 5.26 Å². The molecule has 5 aromatic rings. The lowest BCUT2D eigenvalue weighted by Gasteiger charge is -2.27. The lowest BCUT2D eigenvalue weighted by Crippen LogP contribution is -3.00. The van der Waals surface area contributed by atoms with Gasteiger partial charge in [-0.15, -0.1) is 0 Å². The molecule has 0 saturated carbocycles. The smallest absolute Gasteiger partial charge is 0.118 e. The van der Waals surface area contributed by atoms with Gasteiger partial charge in [0.2, 0.25) is 0 Å². The number of nitrogens with zero attached hydrogens (tertiary/aromatic N) is 1. The van der Waals surface area contributed by atoms with Crippen molar-refractivity contribution in [2.24, 2.45) is 0 Å². The highest BCUT2D eigenvalue weighted by atomic mass is 79.9. The predicted molar refractivity (Wildman–Crippen MR) is 141 cm³/mol. The largest absolute Gasteiger partial charge is 1.00 e. The summed E-state index contributed by atoms with van der Waals surface area (Å²) in [5, 5.41) is 14.3. The number of hydrogen-bond donors (Lipinski definition) is 1. The lowest BCUT2D eigenvalue weighted by atomic mass is 10.1. The van der Waals surface area contributed by atoms with E-state index in [9.17, 15) is 0 Å². The van der Waals surface area contributed by atoms with Gasteiger partial charge in [0.05, 0.1) is 11.8 Å². The van der Waals surface area contributed by atoms with E-state index < -0.39 is 7.26 Å². The van der Waals surface area contributed by atoms with Gasteiger partial charge < -0.3 is 22.0 Å². The van der Waals surface area contributed by atoms with Crippen molar-refractivity contribution in [2.45, 2.75) is 19.0 Å². The SMILES string of the molecule is N#CCCc1ccc2[nH]c(C[P+](c3ccccc3)(c3ccccc3)c3ccccc3)cc2c1.[Br-]. The third-order valence-electron chi connectivity index (χ3n) is 6.26. The molecule has 34 heavy (non-hydrogen) atoms. The van der Waals surface area contributed by atoms with Crippen LogP contribution in [0.1, 0.15) is 17.7 Å². The highest BCUT2D eigenvalue weighted by Gasteiger charge is 2.45. The molecule has 0 aliphatic carbocycles. The van der Waals surface area contributed by atoms with Crippen LogP contribution in [0.3, 0.4) is 0 Å². The minimum atomic E-state index is -1.93. The highest BCUT2D eigenvalue weighted by Crippen LogP contribution is 2.58. The molecule has 0 amide bonds. The monoisotopic (exact) mass is 524 g/mol. The third kappa shape index (κ3) is 4.71. The lowest BCUT2D eigenvalue weighted by molar-refractivity contribution is -0.00000676. The van der Waals surface area contributed by atoms with Crippen LogP contribution in [0.4, 0.5) is 0 Å². The Hall–Kier alpha value is -3.18. The molecule has 0 spiro atoms. The van der Waals surface area contributed by atoms with Gasteiger partial charge in [-0.25, -0.2) is 0 Å². The number of halogens is 1. The second-order valence-electron chi connectivity index (χ2n) is 8.35. The van der Waals surface area contributed by atoms with Gasteiger partial charge in [-0.05, 0) is 66.6 Å². The minimum Gasteiger partial charge on any atom is -1.00 e. The van der Waals surface area contributed by atoms with E-state index in [0.717, 1.165) is 18.1 Å². The standard InChI is InChI=1S/C30H26N2P.BrH/c31-20-10-11-24-18-19-30-25(21-24)22-26(32-30)23-33(27-12-4-1-5-13-27,28-14-6-2-7-15-28)29-16-8-3-9-17-29;/h1-9,12-19,21-22,32H,10-11,23H2;1H/q+1;/p-1. The van der Waals surface area contributed by atoms with Crippen molar-refractivity contribution in [3.8, 4) is 6.07 Å². The van der Waals surface area contributed by atoms with Crippen molar-refractivity contribution in [3.05, 3.63) is 127 Å². The Kier molecular flexibility index (Phi) is 7.63. The first kappa shape index (κ1) is 24.0. The Morgan fingerprint density at radius 2 is 1.21 bits per heavy atom. The third-order valence-corrected chi connectivity index (χ3v) is 10.6. The Labute approximate surface area is 212 Å². The van der Waals surface area contributed by atoms with Gasteiger partial charge in [0.25, 0.3) is 0 Å². The molecule has 0 radical (unpaired) electrons. The zero-order valence-corrected chi connectivity index (χ0v) is 21.3. The highest BCUT2D eigenvalue weighted by molar-refractivity contribution is 7.95. The summed E-state index contributed by atoms with van der Waals surface area (Å²) in [6.45, 7) is 0.